The van der Waals surface area contributed by atoms with E-state index in [4.69, 9.17) is 0 Å². The first kappa shape index (κ1) is 12.4. The Balaban J connectivity index is 2.55. The molecule has 0 bridgehead atoms. The van der Waals surface area contributed by atoms with Gasteiger partial charge >= 0.3 is 5.92 Å². The SMILES string of the molecule is CCN1CCC(C(F)(F)C(=O)NC)CC1. The van der Waals surface area contributed by atoms with Crippen molar-refractivity contribution in [3.05, 3.63) is 0 Å². The lowest BCUT2D eigenvalue weighted by atomic mass is 9.90. The van der Waals surface area contributed by atoms with Gasteiger partial charge in [-0.25, -0.2) is 0 Å². The minimum Gasteiger partial charge on any atom is -0.354 e. The van der Waals surface area contributed by atoms with Crippen LogP contribution in [0, 0.1) is 5.92 Å². The van der Waals surface area contributed by atoms with E-state index in [9.17, 15) is 13.6 Å². The maximum atomic E-state index is 13.5. The molecule has 0 aromatic rings. The second-order valence-electron chi connectivity index (χ2n) is 3.91. The van der Waals surface area contributed by atoms with Gasteiger partial charge in [0.25, 0.3) is 5.91 Å². The Labute approximate surface area is 88.8 Å². The molecule has 1 N–H and O–H groups in total. The molecule has 0 saturated carbocycles. The molecule has 0 aromatic heterocycles. The van der Waals surface area contributed by atoms with Crippen LogP contribution in [0.1, 0.15) is 19.8 Å². The quantitative estimate of drug-likeness (QED) is 0.772. The van der Waals surface area contributed by atoms with Gasteiger partial charge in [0.05, 0.1) is 0 Å². The normalized spacial score (nSPS) is 20.3. The summed E-state index contributed by atoms with van der Waals surface area (Å²) in [7, 11) is 1.25. The lowest BCUT2D eigenvalue weighted by Gasteiger charge is -2.34. The molecule has 3 nitrogen and oxygen atoms in total. The third kappa shape index (κ3) is 2.65. The average molecular weight is 220 g/mol. The predicted molar refractivity (Wildman–Crippen MR) is 53.9 cm³/mol. The van der Waals surface area contributed by atoms with E-state index in [1.165, 1.54) is 7.05 Å². The zero-order valence-corrected chi connectivity index (χ0v) is 9.22. The molecule has 5 heteroatoms. The summed E-state index contributed by atoms with van der Waals surface area (Å²) in [5.41, 5.74) is 0. The van der Waals surface area contributed by atoms with Crippen molar-refractivity contribution in [2.45, 2.75) is 25.7 Å². The topological polar surface area (TPSA) is 32.3 Å². The lowest BCUT2D eigenvalue weighted by molar-refractivity contribution is -0.156. The molecule has 88 valence electrons. The van der Waals surface area contributed by atoms with Crippen LogP contribution in [0.5, 0.6) is 0 Å². The smallest absolute Gasteiger partial charge is 0.327 e. The highest BCUT2D eigenvalue weighted by Crippen LogP contribution is 2.33. The first-order valence-electron chi connectivity index (χ1n) is 5.34. The zero-order chi connectivity index (χ0) is 11.5. The molecule has 15 heavy (non-hydrogen) atoms. The number of carbonyl (C=O) groups is 1. The third-order valence-corrected chi connectivity index (χ3v) is 3.08. The molecule has 1 heterocycles. The number of likely N-dealkylation sites (tertiary alicyclic amines) is 1. The molecule has 1 saturated heterocycles. The maximum Gasteiger partial charge on any atom is 0.327 e. The van der Waals surface area contributed by atoms with Crippen LogP contribution in [0.25, 0.3) is 0 Å². The first-order valence-corrected chi connectivity index (χ1v) is 5.34. The Hall–Kier alpha value is -0.710. The van der Waals surface area contributed by atoms with Crippen molar-refractivity contribution in [1.29, 1.82) is 0 Å². The van der Waals surface area contributed by atoms with Gasteiger partial charge in [0.15, 0.2) is 0 Å². The minimum absolute atomic E-state index is 0.397. The summed E-state index contributed by atoms with van der Waals surface area (Å²) in [5.74, 6) is -5.17. The summed E-state index contributed by atoms with van der Waals surface area (Å²) in [4.78, 5) is 13.1. The molecule has 1 fully saturated rings. The molecule has 0 aromatic carbocycles. The minimum atomic E-state index is -3.21. The number of hydrogen-bond donors (Lipinski definition) is 1. The second-order valence-corrected chi connectivity index (χ2v) is 3.91. The van der Waals surface area contributed by atoms with E-state index in [2.05, 4.69) is 4.90 Å². The van der Waals surface area contributed by atoms with Gasteiger partial charge in [0.1, 0.15) is 0 Å². The summed E-state index contributed by atoms with van der Waals surface area (Å²) in [6.07, 6.45) is 0.794. The molecule has 0 radical (unpaired) electrons. The van der Waals surface area contributed by atoms with Gasteiger partial charge in [-0.1, -0.05) is 6.92 Å². The van der Waals surface area contributed by atoms with E-state index in [0.29, 0.717) is 25.9 Å². The van der Waals surface area contributed by atoms with Crippen LogP contribution in [-0.4, -0.2) is 43.4 Å². The number of hydrogen-bond acceptors (Lipinski definition) is 2. The number of amides is 1. The van der Waals surface area contributed by atoms with Crippen LogP contribution in [0.4, 0.5) is 8.78 Å². The molecule has 1 rings (SSSR count). The average Bonchev–Trinajstić information content (AvgIpc) is 2.28. The summed E-state index contributed by atoms with van der Waals surface area (Å²) < 4.78 is 27.0. The van der Waals surface area contributed by atoms with Crippen molar-refractivity contribution in [2.75, 3.05) is 26.7 Å². The Morgan fingerprint density at radius 1 is 1.47 bits per heavy atom. The summed E-state index contributed by atoms with van der Waals surface area (Å²) in [5, 5.41) is 2.03. The molecule has 0 atom stereocenters. The van der Waals surface area contributed by atoms with Crippen LogP contribution >= 0.6 is 0 Å². The fraction of sp³-hybridized carbons (Fsp3) is 0.900. The van der Waals surface area contributed by atoms with Gasteiger partial charge in [-0.2, -0.15) is 8.78 Å². The zero-order valence-electron chi connectivity index (χ0n) is 9.22. The number of piperidine rings is 1. The fourth-order valence-corrected chi connectivity index (χ4v) is 1.96. The standard InChI is InChI=1S/C10H18F2N2O/c1-3-14-6-4-8(5-7-14)10(11,12)9(15)13-2/h8H,3-7H2,1-2H3,(H,13,15). The molecule has 0 aliphatic carbocycles. The molecular formula is C10H18F2N2O. The molecular weight excluding hydrogens is 202 g/mol. The van der Waals surface area contributed by atoms with E-state index < -0.39 is 17.7 Å². The number of nitrogens with zero attached hydrogens (tertiary/aromatic N) is 1. The monoisotopic (exact) mass is 220 g/mol. The van der Waals surface area contributed by atoms with Crippen LogP contribution in [-0.2, 0) is 4.79 Å². The number of rotatable bonds is 3. The van der Waals surface area contributed by atoms with Gasteiger partial charge < -0.3 is 10.2 Å². The predicted octanol–water partition coefficient (Wildman–Crippen LogP) is 1.10. The third-order valence-electron chi connectivity index (χ3n) is 3.08. The van der Waals surface area contributed by atoms with E-state index in [-0.39, 0.29) is 0 Å². The molecule has 1 aliphatic heterocycles. The Morgan fingerprint density at radius 2 is 2.00 bits per heavy atom. The summed E-state index contributed by atoms with van der Waals surface area (Å²) in [6, 6.07) is 0. The maximum absolute atomic E-state index is 13.5. The van der Waals surface area contributed by atoms with Crippen molar-refractivity contribution >= 4 is 5.91 Å². The highest BCUT2D eigenvalue weighted by atomic mass is 19.3. The first-order chi connectivity index (χ1) is 7.02. The molecule has 0 spiro atoms. The number of halogens is 2. The summed E-state index contributed by atoms with van der Waals surface area (Å²) in [6.45, 7) is 4.22. The van der Waals surface area contributed by atoms with Crippen molar-refractivity contribution in [3.8, 4) is 0 Å². The van der Waals surface area contributed by atoms with E-state index in [0.717, 1.165) is 6.54 Å². The molecule has 1 aliphatic rings. The van der Waals surface area contributed by atoms with Crippen molar-refractivity contribution < 1.29 is 13.6 Å². The van der Waals surface area contributed by atoms with Gasteiger partial charge in [-0.05, 0) is 32.5 Å². The van der Waals surface area contributed by atoms with Crippen molar-refractivity contribution in [3.63, 3.8) is 0 Å². The largest absolute Gasteiger partial charge is 0.354 e. The highest BCUT2D eigenvalue weighted by molar-refractivity contribution is 5.83. The number of carbonyl (C=O) groups excluding carboxylic acids is 1. The van der Waals surface area contributed by atoms with Crippen LogP contribution in [0.3, 0.4) is 0 Å². The van der Waals surface area contributed by atoms with Crippen LogP contribution in [0.15, 0.2) is 0 Å². The number of alkyl halides is 2. The molecule has 1 amide bonds. The lowest BCUT2D eigenvalue weighted by Crippen LogP contribution is -2.48. The Kier molecular flexibility index (Phi) is 4.02. The van der Waals surface area contributed by atoms with Gasteiger partial charge in [0.2, 0.25) is 0 Å². The van der Waals surface area contributed by atoms with E-state index >= 15 is 0 Å². The van der Waals surface area contributed by atoms with Gasteiger partial charge in [0, 0.05) is 13.0 Å². The Morgan fingerprint density at radius 3 is 2.40 bits per heavy atom. The van der Waals surface area contributed by atoms with E-state index in [1.54, 1.807) is 0 Å². The highest BCUT2D eigenvalue weighted by Gasteiger charge is 2.47. The summed E-state index contributed by atoms with van der Waals surface area (Å²) >= 11 is 0. The Bertz CT molecular complexity index is 225. The second kappa shape index (κ2) is 4.88. The van der Waals surface area contributed by atoms with Crippen LogP contribution in [0.2, 0.25) is 0 Å². The van der Waals surface area contributed by atoms with Crippen molar-refractivity contribution in [2.24, 2.45) is 5.92 Å². The molecule has 0 unspecified atom stereocenters. The number of nitrogens with one attached hydrogen (secondary N) is 1. The fourth-order valence-electron chi connectivity index (χ4n) is 1.96. The van der Waals surface area contributed by atoms with Crippen LogP contribution < -0.4 is 5.32 Å². The van der Waals surface area contributed by atoms with Gasteiger partial charge in [-0.3, -0.25) is 4.79 Å². The van der Waals surface area contributed by atoms with E-state index in [1.807, 2.05) is 12.2 Å². The van der Waals surface area contributed by atoms with Gasteiger partial charge in [-0.15, -0.1) is 0 Å². The van der Waals surface area contributed by atoms with Crippen molar-refractivity contribution in [1.82, 2.24) is 10.2 Å².